The van der Waals surface area contributed by atoms with Crippen molar-refractivity contribution in [3.63, 3.8) is 0 Å². The molecule has 1 unspecified atom stereocenters. The van der Waals surface area contributed by atoms with Crippen molar-refractivity contribution in [3.05, 3.63) is 84.2 Å². The molecule has 1 aliphatic heterocycles. The Bertz CT molecular complexity index is 1150. The maximum atomic E-state index is 6.13. The van der Waals surface area contributed by atoms with Crippen LogP contribution in [0.4, 0.5) is 5.82 Å². The molecule has 1 aliphatic rings. The molecule has 0 aliphatic carbocycles. The molecule has 1 fully saturated rings. The first-order valence-corrected chi connectivity index (χ1v) is 9.89. The number of anilines is 1. The number of pyridine rings is 1. The molecule has 29 heavy (non-hydrogen) atoms. The lowest BCUT2D eigenvalue weighted by Gasteiger charge is -2.35. The number of hydrogen-bond donors (Lipinski definition) is 0. The van der Waals surface area contributed by atoms with E-state index in [1.54, 1.807) is 12.4 Å². The summed E-state index contributed by atoms with van der Waals surface area (Å²) in [6.45, 7) is 4.38. The normalized spacial score (nSPS) is 16.9. The number of ether oxygens (including phenoxy) is 1. The van der Waals surface area contributed by atoms with Crippen LogP contribution in [0.25, 0.3) is 22.3 Å². The van der Waals surface area contributed by atoms with E-state index in [0.717, 1.165) is 41.2 Å². The van der Waals surface area contributed by atoms with E-state index < -0.39 is 0 Å². The molecule has 0 radical (unpaired) electrons. The van der Waals surface area contributed by atoms with Crippen LogP contribution in [0.2, 0.25) is 0 Å². The number of aromatic nitrogens is 3. The standard InChI is InChI=1S/C24H22N4O/c1-17-6-2-3-7-19(17)22-16-28(14-15-29-22)24-20-8-4-5-9-21(20)26-23(27-24)18-10-12-25-13-11-18/h2-13,22H,14-16H2,1H3. The predicted molar refractivity (Wildman–Crippen MR) is 115 cm³/mol. The van der Waals surface area contributed by atoms with Crippen molar-refractivity contribution in [3.8, 4) is 11.4 Å². The van der Waals surface area contributed by atoms with Crippen molar-refractivity contribution >= 4 is 16.7 Å². The molecule has 1 saturated heterocycles. The fraction of sp³-hybridized carbons (Fsp3) is 0.208. The Hall–Kier alpha value is -3.31. The second-order valence-electron chi connectivity index (χ2n) is 7.29. The van der Waals surface area contributed by atoms with Crippen molar-refractivity contribution in [2.45, 2.75) is 13.0 Å². The number of nitrogens with zero attached hydrogens (tertiary/aromatic N) is 4. The maximum Gasteiger partial charge on any atom is 0.162 e. The first-order valence-electron chi connectivity index (χ1n) is 9.89. The number of para-hydroxylation sites is 1. The van der Waals surface area contributed by atoms with E-state index >= 15 is 0 Å². The molecule has 0 spiro atoms. The molecule has 0 N–H and O–H groups in total. The second kappa shape index (κ2) is 7.60. The Morgan fingerprint density at radius 3 is 2.59 bits per heavy atom. The third-order valence-electron chi connectivity index (χ3n) is 5.42. The molecule has 4 aromatic rings. The van der Waals surface area contributed by atoms with Gasteiger partial charge in [0.2, 0.25) is 0 Å². The molecule has 0 amide bonds. The van der Waals surface area contributed by atoms with Crippen LogP contribution in [0.15, 0.2) is 73.1 Å². The molecule has 144 valence electrons. The first kappa shape index (κ1) is 17.8. The van der Waals surface area contributed by atoms with Crippen molar-refractivity contribution < 1.29 is 4.74 Å². The lowest BCUT2D eigenvalue weighted by Crippen LogP contribution is -2.39. The van der Waals surface area contributed by atoms with Gasteiger partial charge in [0.05, 0.1) is 12.1 Å². The Kier molecular flexibility index (Phi) is 4.66. The Labute approximate surface area is 170 Å². The van der Waals surface area contributed by atoms with E-state index in [4.69, 9.17) is 14.7 Å². The van der Waals surface area contributed by atoms with Gasteiger partial charge in [-0.2, -0.15) is 0 Å². The minimum atomic E-state index is 0.0306. The molecular weight excluding hydrogens is 360 g/mol. The average molecular weight is 382 g/mol. The fourth-order valence-electron chi connectivity index (χ4n) is 3.91. The summed E-state index contributed by atoms with van der Waals surface area (Å²) in [5, 5.41) is 1.07. The van der Waals surface area contributed by atoms with Gasteiger partial charge >= 0.3 is 0 Å². The predicted octanol–water partition coefficient (Wildman–Crippen LogP) is 4.58. The Morgan fingerprint density at radius 1 is 0.931 bits per heavy atom. The molecule has 1 atom stereocenters. The molecule has 0 bridgehead atoms. The quantitative estimate of drug-likeness (QED) is 0.519. The Morgan fingerprint density at radius 2 is 1.72 bits per heavy atom. The van der Waals surface area contributed by atoms with Crippen LogP contribution in [0.3, 0.4) is 0 Å². The summed E-state index contributed by atoms with van der Waals surface area (Å²) in [7, 11) is 0. The zero-order valence-electron chi connectivity index (χ0n) is 16.3. The zero-order valence-corrected chi connectivity index (χ0v) is 16.3. The van der Waals surface area contributed by atoms with Crippen LogP contribution in [-0.2, 0) is 4.74 Å². The average Bonchev–Trinajstić information content (AvgIpc) is 2.79. The highest BCUT2D eigenvalue weighted by Gasteiger charge is 2.25. The molecule has 5 heteroatoms. The van der Waals surface area contributed by atoms with Gasteiger partial charge in [-0.05, 0) is 42.3 Å². The van der Waals surface area contributed by atoms with Gasteiger partial charge in [0, 0.05) is 36.4 Å². The minimum Gasteiger partial charge on any atom is -0.370 e. The number of rotatable bonds is 3. The SMILES string of the molecule is Cc1ccccc1C1CN(c2nc(-c3ccncc3)nc3ccccc23)CCO1. The smallest absolute Gasteiger partial charge is 0.162 e. The second-order valence-corrected chi connectivity index (χ2v) is 7.29. The van der Waals surface area contributed by atoms with Gasteiger partial charge in [0.15, 0.2) is 5.82 Å². The van der Waals surface area contributed by atoms with E-state index in [1.165, 1.54) is 11.1 Å². The van der Waals surface area contributed by atoms with E-state index in [2.05, 4.69) is 47.1 Å². The van der Waals surface area contributed by atoms with Crippen LogP contribution in [0, 0.1) is 6.92 Å². The third kappa shape index (κ3) is 3.45. The highest BCUT2D eigenvalue weighted by atomic mass is 16.5. The summed E-state index contributed by atoms with van der Waals surface area (Å²) in [5.41, 5.74) is 4.41. The molecule has 3 heterocycles. The maximum absolute atomic E-state index is 6.13. The van der Waals surface area contributed by atoms with Gasteiger partial charge in [-0.25, -0.2) is 9.97 Å². The highest BCUT2D eigenvalue weighted by molar-refractivity contribution is 5.91. The zero-order chi connectivity index (χ0) is 19.6. The summed E-state index contributed by atoms with van der Waals surface area (Å²) in [6, 6.07) is 20.5. The van der Waals surface area contributed by atoms with Gasteiger partial charge in [0.1, 0.15) is 11.9 Å². The topological polar surface area (TPSA) is 51.1 Å². The number of benzene rings is 2. The monoisotopic (exact) mass is 382 g/mol. The van der Waals surface area contributed by atoms with Crippen molar-refractivity contribution in [2.75, 3.05) is 24.6 Å². The van der Waals surface area contributed by atoms with E-state index in [-0.39, 0.29) is 6.10 Å². The van der Waals surface area contributed by atoms with Gasteiger partial charge in [0.25, 0.3) is 0 Å². The molecular formula is C24H22N4O. The largest absolute Gasteiger partial charge is 0.370 e. The lowest BCUT2D eigenvalue weighted by molar-refractivity contribution is 0.0392. The Balaban J connectivity index is 1.58. The summed E-state index contributed by atoms with van der Waals surface area (Å²) in [4.78, 5) is 16.2. The summed E-state index contributed by atoms with van der Waals surface area (Å²) < 4.78 is 6.13. The molecule has 5 nitrogen and oxygen atoms in total. The molecule has 2 aromatic heterocycles. The summed E-state index contributed by atoms with van der Waals surface area (Å²) in [5.74, 6) is 1.68. The van der Waals surface area contributed by atoms with Crippen molar-refractivity contribution in [1.29, 1.82) is 0 Å². The van der Waals surface area contributed by atoms with E-state index in [0.29, 0.717) is 6.61 Å². The third-order valence-corrected chi connectivity index (χ3v) is 5.42. The molecule has 0 saturated carbocycles. The van der Waals surface area contributed by atoms with Gasteiger partial charge < -0.3 is 9.64 Å². The van der Waals surface area contributed by atoms with Gasteiger partial charge in [-0.1, -0.05) is 36.4 Å². The molecule has 5 rings (SSSR count). The van der Waals surface area contributed by atoms with E-state index in [9.17, 15) is 0 Å². The van der Waals surface area contributed by atoms with Crippen molar-refractivity contribution in [1.82, 2.24) is 15.0 Å². The van der Waals surface area contributed by atoms with Crippen LogP contribution < -0.4 is 4.90 Å². The van der Waals surface area contributed by atoms with Crippen LogP contribution in [0.5, 0.6) is 0 Å². The van der Waals surface area contributed by atoms with Crippen LogP contribution in [0.1, 0.15) is 17.2 Å². The number of hydrogen-bond acceptors (Lipinski definition) is 5. The van der Waals surface area contributed by atoms with E-state index in [1.807, 2.05) is 30.3 Å². The molecule has 2 aromatic carbocycles. The number of fused-ring (bicyclic) bond motifs is 1. The number of aryl methyl sites for hydroxylation is 1. The number of morpholine rings is 1. The lowest BCUT2D eigenvalue weighted by atomic mass is 10.0. The van der Waals surface area contributed by atoms with Gasteiger partial charge in [-0.15, -0.1) is 0 Å². The van der Waals surface area contributed by atoms with Gasteiger partial charge in [-0.3, -0.25) is 4.98 Å². The minimum absolute atomic E-state index is 0.0306. The summed E-state index contributed by atoms with van der Waals surface area (Å²) in [6.07, 6.45) is 3.58. The first-order chi connectivity index (χ1) is 14.3. The van der Waals surface area contributed by atoms with Crippen molar-refractivity contribution in [2.24, 2.45) is 0 Å². The fourth-order valence-corrected chi connectivity index (χ4v) is 3.91. The highest BCUT2D eigenvalue weighted by Crippen LogP contribution is 2.32. The summed E-state index contributed by atoms with van der Waals surface area (Å²) >= 11 is 0. The van der Waals surface area contributed by atoms with Crippen LogP contribution in [-0.4, -0.2) is 34.6 Å². The van der Waals surface area contributed by atoms with Crippen LogP contribution >= 0.6 is 0 Å².